The summed E-state index contributed by atoms with van der Waals surface area (Å²) < 4.78 is 1.91. The molecule has 7 nitrogen and oxygen atoms in total. The number of para-hydroxylation sites is 1. The number of thiophene rings is 1. The molecular formula is C32H30N4O3S. The third kappa shape index (κ3) is 4.98. The second kappa shape index (κ2) is 11.0. The molecule has 4 aromatic rings. The molecule has 8 heteroatoms. The highest BCUT2D eigenvalue weighted by molar-refractivity contribution is 7.12. The summed E-state index contributed by atoms with van der Waals surface area (Å²) in [5, 5.41) is 4.96. The van der Waals surface area contributed by atoms with E-state index in [4.69, 9.17) is 0 Å². The van der Waals surface area contributed by atoms with Gasteiger partial charge in [0.2, 0.25) is 0 Å². The van der Waals surface area contributed by atoms with Crippen molar-refractivity contribution in [1.29, 1.82) is 0 Å². The van der Waals surface area contributed by atoms with E-state index in [0.29, 0.717) is 35.1 Å². The van der Waals surface area contributed by atoms with Crippen molar-refractivity contribution in [2.24, 2.45) is 5.92 Å². The number of hydrogen-bond acceptors (Lipinski definition) is 5. The van der Waals surface area contributed by atoms with Crippen LogP contribution >= 0.6 is 11.3 Å². The van der Waals surface area contributed by atoms with Crippen molar-refractivity contribution in [2.75, 3.05) is 34.8 Å². The Hall–Kier alpha value is -4.43. The van der Waals surface area contributed by atoms with Gasteiger partial charge in [-0.15, -0.1) is 17.9 Å². The Bertz CT molecular complexity index is 1610. The van der Waals surface area contributed by atoms with Crippen molar-refractivity contribution in [2.45, 2.75) is 18.9 Å². The van der Waals surface area contributed by atoms with Crippen molar-refractivity contribution in [3.05, 3.63) is 123 Å². The molecule has 0 spiro atoms. The molecule has 0 radical (unpaired) electrons. The van der Waals surface area contributed by atoms with Crippen molar-refractivity contribution in [3.63, 3.8) is 0 Å². The lowest BCUT2D eigenvalue weighted by molar-refractivity contribution is 0.0987. The van der Waals surface area contributed by atoms with Crippen molar-refractivity contribution in [3.8, 4) is 0 Å². The summed E-state index contributed by atoms with van der Waals surface area (Å²) in [5.41, 5.74) is 3.84. The summed E-state index contributed by atoms with van der Waals surface area (Å²) in [4.78, 5) is 44.0. The SMILES string of the molecule is C=CCN(C(=O)c1ccc(N2CC3CC(C2)c2cccc(=O)n2C3)c(NC(=O)c2cccs2)c1)c1ccccc1. The second-order valence-electron chi connectivity index (χ2n) is 10.3. The smallest absolute Gasteiger partial charge is 0.265 e. The average Bonchev–Trinajstić information content (AvgIpc) is 3.52. The molecule has 2 atom stereocenters. The van der Waals surface area contributed by atoms with Crippen LogP contribution in [0.2, 0.25) is 0 Å². The molecule has 2 amide bonds. The maximum Gasteiger partial charge on any atom is 0.265 e. The van der Waals surface area contributed by atoms with Gasteiger partial charge < -0.3 is 19.7 Å². The summed E-state index contributed by atoms with van der Waals surface area (Å²) >= 11 is 1.37. The maximum absolute atomic E-state index is 13.7. The Morgan fingerprint density at radius 2 is 1.85 bits per heavy atom. The van der Waals surface area contributed by atoms with Crippen molar-refractivity contribution < 1.29 is 9.59 Å². The van der Waals surface area contributed by atoms with E-state index in [9.17, 15) is 14.4 Å². The molecule has 2 aliphatic rings. The Balaban J connectivity index is 1.36. The van der Waals surface area contributed by atoms with E-state index < -0.39 is 0 Å². The molecule has 2 bridgehead atoms. The number of nitrogens with one attached hydrogen (secondary N) is 1. The number of carbonyl (C=O) groups is 2. The summed E-state index contributed by atoms with van der Waals surface area (Å²) in [6, 6.07) is 24.2. The van der Waals surface area contributed by atoms with Gasteiger partial charge in [0, 0.05) is 55.1 Å². The normalized spacial score (nSPS) is 17.6. The molecule has 2 unspecified atom stereocenters. The lowest BCUT2D eigenvalue weighted by Gasteiger charge is -2.44. The predicted molar refractivity (Wildman–Crippen MR) is 161 cm³/mol. The van der Waals surface area contributed by atoms with Gasteiger partial charge in [0.25, 0.3) is 17.4 Å². The van der Waals surface area contributed by atoms with E-state index >= 15 is 0 Å². The molecular weight excluding hydrogens is 520 g/mol. The number of pyridine rings is 1. The molecule has 1 N–H and O–H groups in total. The van der Waals surface area contributed by atoms with Gasteiger partial charge in [0.05, 0.1) is 16.3 Å². The number of nitrogens with zero attached hydrogens (tertiary/aromatic N) is 3. The lowest BCUT2D eigenvalue weighted by Crippen LogP contribution is -2.47. The Morgan fingerprint density at radius 1 is 1.00 bits per heavy atom. The zero-order chi connectivity index (χ0) is 27.6. The van der Waals surface area contributed by atoms with Crippen LogP contribution in [-0.4, -0.2) is 36.0 Å². The Kier molecular flexibility index (Phi) is 7.09. The number of carbonyl (C=O) groups excluding carboxylic acids is 2. The number of rotatable bonds is 7. The van der Waals surface area contributed by atoms with Gasteiger partial charge in [-0.25, -0.2) is 0 Å². The van der Waals surface area contributed by atoms with Crippen LogP contribution in [0.5, 0.6) is 0 Å². The fraction of sp³-hybridized carbons (Fsp3) is 0.219. The molecule has 4 heterocycles. The molecule has 2 aromatic heterocycles. The summed E-state index contributed by atoms with van der Waals surface area (Å²) in [6.45, 7) is 6.36. The number of hydrogen-bond donors (Lipinski definition) is 1. The first kappa shape index (κ1) is 25.8. The molecule has 2 aliphatic heterocycles. The standard InChI is InChI=1S/C32H30N4O3S/c1-2-15-35(25-8-4-3-5-9-25)32(39)23-13-14-28(26(18-23)33-31(38)29-11-7-16-40-29)34-19-22-17-24(21-34)27-10-6-12-30(37)36(27)20-22/h2-14,16,18,22,24H,1,15,17,19-21H2,(H,33,38). The number of aromatic nitrogens is 1. The summed E-state index contributed by atoms with van der Waals surface area (Å²) in [6.07, 6.45) is 2.73. The monoisotopic (exact) mass is 550 g/mol. The van der Waals surface area contributed by atoms with Crippen LogP contribution < -0.4 is 20.7 Å². The molecule has 1 fully saturated rings. The molecule has 40 heavy (non-hydrogen) atoms. The van der Waals surface area contributed by atoms with Gasteiger partial charge in [0.15, 0.2) is 0 Å². The first-order valence-electron chi connectivity index (χ1n) is 13.4. The number of benzene rings is 2. The largest absolute Gasteiger partial charge is 0.369 e. The predicted octanol–water partition coefficient (Wildman–Crippen LogP) is 5.62. The minimum absolute atomic E-state index is 0.0508. The lowest BCUT2D eigenvalue weighted by atomic mass is 9.83. The van der Waals surface area contributed by atoms with E-state index in [1.165, 1.54) is 11.3 Å². The van der Waals surface area contributed by atoms with E-state index in [2.05, 4.69) is 16.8 Å². The fourth-order valence-corrected chi connectivity index (χ4v) is 6.55. The fourth-order valence-electron chi connectivity index (χ4n) is 5.93. The first-order chi connectivity index (χ1) is 19.5. The topological polar surface area (TPSA) is 74.7 Å². The molecule has 0 aliphatic carbocycles. The zero-order valence-electron chi connectivity index (χ0n) is 22.0. The number of piperidine rings is 1. The van der Waals surface area contributed by atoms with E-state index in [1.54, 1.807) is 29.2 Å². The quantitative estimate of drug-likeness (QED) is 0.303. The van der Waals surface area contributed by atoms with Crippen molar-refractivity contribution >= 4 is 40.2 Å². The molecule has 2 aromatic carbocycles. The highest BCUT2D eigenvalue weighted by Crippen LogP contribution is 2.39. The highest BCUT2D eigenvalue weighted by atomic mass is 32.1. The van der Waals surface area contributed by atoms with Gasteiger partial charge in [-0.3, -0.25) is 14.4 Å². The van der Waals surface area contributed by atoms with Crippen LogP contribution in [0.25, 0.3) is 0 Å². The summed E-state index contributed by atoms with van der Waals surface area (Å²) in [7, 11) is 0. The van der Waals surface area contributed by atoms with Gasteiger partial charge in [0.1, 0.15) is 0 Å². The van der Waals surface area contributed by atoms with E-state index in [-0.39, 0.29) is 23.3 Å². The molecule has 1 saturated heterocycles. The average molecular weight is 551 g/mol. The summed E-state index contributed by atoms with van der Waals surface area (Å²) in [5.74, 6) is 0.147. The first-order valence-corrected chi connectivity index (χ1v) is 14.3. The third-order valence-corrected chi connectivity index (χ3v) is 8.55. The van der Waals surface area contributed by atoms with Crippen LogP contribution in [0.3, 0.4) is 0 Å². The molecule has 202 valence electrons. The van der Waals surface area contributed by atoms with Crippen LogP contribution in [-0.2, 0) is 6.54 Å². The maximum atomic E-state index is 13.7. The van der Waals surface area contributed by atoms with Gasteiger partial charge >= 0.3 is 0 Å². The number of anilines is 3. The number of amides is 2. The van der Waals surface area contributed by atoms with E-state index in [1.807, 2.05) is 70.6 Å². The van der Waals surface area contributed by atoms with Gasteiger partial charge in [-0.05, 0) is 60.2 Å². The molecule has 0 saturated carbocycles. The van der Waals surface area contributed by atoms with E-state index in [0.717, 1.165) is 36.6 Å². The van der Waals surface area contributed by atoms with Crippen LogP contribution in [0.15, 0.2) is 102 Å². The minimum Gasteiger partial charge on any atom is -0.369 e. The Labute approximate surface area is 237 Å². The van der Waals surface area contributed by atoms with Crippen LogP contribution in [0.1, 0.15) is 38.1 Å². The van der Waals surface area contributed by atoms with Crippen LogP contribution in [0, 0.1) is 5.92 Å². The minimum atomic E-state index is -0.207. The third-order valence-electron chi connectivity index (χ3n) is 7.68. The second-order valence-corrected chi connectivity index (χ2v) is 11.3. The van der Waals surface area contributed by atoms with Crippen LogP contribution in [0.4, 0.5) is 17.1 Å². The van der Waals surface area contributed by atoms with Crippen molar-refractivity contribution in [1.82, 2.24) is 4.57 Å². The number of fused-ring (bicyclic) bond motifs is 4. The molecule has 6 rings (SSSR count). The highest BCUT2D eigenvalue weighted by Gasteiger charge is 2.35. The zero-order valence-corrected chi connectivity index (χ0v) is 22.8. The Morgan fingerprint density at radius 3 is 2.62 bits per heavy atom. The van der Waals surface area contributed by atoms with Gasteiger partial charge in [-0.2, -0.15) is 0 Å². The van der Waals surface area contributed by atoms with Gasteiger partial charge in [-0.1, -0.05) is 36.4 Å².